The van der Waals surface area contributed by atoms with Gasteiger partial charge in [-0.05, 0) is 26.0 Å². The van der Waals surface area contributed by atoms with Gasteiger partial charge in [-0.3, -0.25) is 9.63 Å². The number of hydrogen-bond acceptors (Lipinski definition) is 2. The number of para-hydroxylation sites is 1. The maximum atomic E-state index is 12.7. The highest BCUT2D eigenvalue weighted by molar-refractivity contribution is 6.01. The number of carbonyl (C=O) groups is 1. The van der Waals surface area contributed by atoms with Crippen LogP contribution in [-0.4, -0.2) is 11.4 Å². The summed E-state index contributed by atoms with van der Waals surface area (Å²) in [5, 5.41) is 1.06. The Labute approximate surface area is 129 Å². The monoisotopic (exact) mass is 292 g/mol. The van der Waals surface area contributed by atoms with Crippen LogP contribution in [0.5, 0.6) is 0 Å². The number of Topliss-reactive ketones (excluding diaryl/α,β-unsaturated/α-hetero) is 1. The van der Waals surface area contributed by atoms with Crippen molar-refractivity contribution in [2.45, 2.75) is 19.4 Å². The van der Waals surface area contributed by atoms with Gasteiger partial charge < -0.3 is 0 Å². The first-order chi connectivity index (χ1) is 10.6. The molecule has 1 aromatic heterocycles. The first-order valence-corrected chi connectivity index (χ1v) is 7.27. The van der Waals surface area contributed by atoms with Crippen molar-refractivity contribution in [3.8, 4) is 0 Å². The third-order valence-electron chi connectivity index (χ3n) is 3.58. The first-order valence-electron chi connectivity index (χ1n) is 7.27. The zero-order valence-electron chi connectivity index (χ0n) is 12.7. The van der Waals surface area contributed by atoms with Crippen molar-refractivity contribution in [2.75, 3.05) is 0 Å². The van der Waals surface area contributed by atoms with Crippen LogP contribution in [0.4, 0.5) is 0 Å². The van der Waals surface area contributed by atoms with Crippen LogP contribution in [0.3, 0.4) is 0 Å². The van der Waals surface area contributed by atoms with Crippen molar-refractivity contribution < 1.29 is 14.4 Å². The van der Waals surface area contributed by atoms with Gasteiger partial charge in [-0.1, -0.05) is 42.5 Å². The summed E-state index contributed by atoms with van der Waals surface area (Å²) in [6.07, 6.45) is 1.82. The van der Waals surface area contributed by atoms with Gasteiger partial charge in [0.2, 0.25) is 17.6 Å². The van der Waals surface area contributed by atoms with Crippen molar-refractivity contribution in [2.24, 2.45) is 0 Å². The van der Waals surface area contributed by atoms with E-state index in [-0.39, 0.29) is 5.78 Å². The van der Waals surface area contributed by atoms with Gasteiger partial charge in [0.05, 0.1) is 5.39 Å². The Morgan fingerprint density at radius 3 is 2.32 bits per heavy atom. The maximum absolute atomic E-state index is 12.7. The summed E-state index contributed by atoms with van der Waals surface area (Å²) in [5.74, 6) is -0.0477. The van der Waals surface area contributed by atoms with Gasteiger partial charge in [-0.2, -0.15) is 0 Å². The smallest absolute Gasteiger partial charge is 0.264 e. The molecule has 3 aromatic rings. The molecule has 0 saturated carbocycles. The molecule has 0 aliphatic heterocycles. The van der Waals surface area contributed by atoms with E-state index in [0.717, 1.165) is 10.9 Å². The van der Waals surface area contributed by atoms with E-state index in [1.807, 2.05) is 60.8 Å². The van der Waals surface area contributed by atoms with Gasteiger partial charge in [0.25, 0.3) is 5.52 Å². The minimum Gasteiger partial charge on any atom is -0.289 e. The second-order valence-electron chi connectivity index (χ2n) is 5.69. The molecule has 0 saturated heterocycles. The highest BCUT2D eigenvalue weighted by Crippen LogP contribution is 2.15. The lowest BCUT2D eigenvalue weighted by Crippen LogP contribution is -2.56. The minimum atomic E-state index is -0.962. The third kappa shape index (κ3) is 2.70. The van der Waals surface area contributed by atoms with E-state index in [1.54, 1.807) is 30.7 Å². The summed E-state index contributed by atoms with van der Waals surface area (Å²) >= 11 is 0. The van der Waals surface area contributed by atoms with Crippen molar-refractivity contribution in [3.05, 3.63) is 78.5 Å². The van der Waals surface area contributed by atoms with Crippen LogP contribution < -0.4 is 9.57 Å². The number of hydrogen-bond donors (Lipinski definition) is 0. The minimum absolute atomic E-state index is 0.0477. The third-order valence-corrected chi connectivity index (χ3v) is 3.58. The number of benzene rings is 2. The van der Waals surface area contributed by atoms with E-state index in [4.69, 9.17) is 4.84 Å². The second-order valence-corrected chi connectivity index (χ2v) is 5.69. The number of carbonyl (C=O) groups excluding carboxylic acids is 1. The number of fused-ring (bicyclic) bond motifs is 1. The van der Waals surface area contributed by atoms with Crippen LogP contribution in [-0.2, 0) is 0 Å². The molecule has 0 unspecified atom stereocenters. The number of aromatic nitrogens is 1. The van der Waals surface area contributed by atoms with Gasteiger partial charge in [-0.25, -0.2) is 0 Å². The molecule has 2 aromatic carbocycles. The Kier molecular flexibility index (Phi) is 3.63. The van der Waals surface area contributed by atoms with Crippen LogP contribution in [0.1, 0.15) is 24.2 Å². The molecule has 110 valence electrons. The predicted octanol–water partition coefficient (Wildman–Crippen LogP) is 3.22. The predicted molar refractivity (Wildman–Crippen MR) is 85.6 cm³/mol. The van der Waals surface area contributed by atoms with E-state index in [2.05, 4.69) is 0 Å². The Bertz CT molecular complexity index is 805. The molecule has 0 N–H and O–H groups in total. The molecule has 0 aliphatic rings. The molecule has 3 nitrogen and oxygen atoms in total. The largest absolute Gasteiger partial charge is 0.289 e. The van der Waals surface area contributed by atoms with E-state index in [0.29, 0.717) is 5.56 Å². The summed E-state index contributed by atoms with van der Waals surface area (Å²) in [5.41, 5.74) is 0.614. The lowest BCUT2D eigenvalue weighted by molar-refractivity contribution is -0.883. The number of nitrogens with zero attached hydrogens (tertiary/aromatic N) is 1. The second kappa shape index (κ2) is 5.60. The highest BCUT2D eigenvalue weighted by atomic mass is 16.7. The van der Waals surface area contributed by atoms with E-state index in [1.165, 1.54) is 0 Å². The van der Waals surface area contributed by atoms with E-state index < -0.39 is 5.60 Å². The van der Waals surface area contributed by atoms with E-state index >= 15 is 0 Å². The Morgan fingerprint density at radius 2 is 1.55 bits per heavy atom. The lowest BCUT2D eigenvalue weighted by atomic mass is 9.97. The SMILES string of the molecule is CC(C)(O[n+]1cccc2ccccc21)C(=O)c1ccccc1. The molecule has 22 heavy (non-hydrogen) atoms. The number of ketones is 1. The van der Waals surface area contributed by atoms with Gasteiger partial charge in [-0.15, -0.1) is 0 Å². The normalized spacial score (nSPS) is 11.4. The standard InChI is InChI=1S/C19H18NO2/c1-19(2,18(21)16-10-4-3-5-11-16)22-20-14-8-12-15-9-6-7-13-17(15)20/h3-14H,1-2H3/q+1. The summed E-state index contributed by atoms with van der Waals surface area (Å²) in [6, 6.07) is 21.1. The van der Waals surface area contributed by atoms with Crippen molar-refractivity contribution >= 4 is 16.7 Å². The molecule has 0 amide bonds. The molecule has 0 radical (unpaired) electrons. The lowest BCUT2D eigenvalue weighted by Gasteiger charge is -2.19. The molecule has 0 atom stereocenters. The van der Waals surface area contributed by atoms with Crippen LogP contribution in [0.25, 0.3) is 10.9 Å². The summed E-state index contributed by atoms with van der Waals surface area (Å²) in [7, 11) is 0. The first kappa shape index (κ1) is 14.3. The summed E-state index contributed by atoms with van der Waals surface area (Å²) in [4.78, 5) is 18.7. The van der Waals surface area contributed by atoms with Gasteiger partial charge in [0.15, 0.2) is 0 Å². The van der Waals surface area contributed by atoms with Crippen molar-refractivity contribution in [1.29, 1.82) is 0 Å². The number of rotatable bonds is 4. The van der Waals surface area contributed by atoms with Gasteiger partial charge in [0.1, 0.15) is 0 Å². The Hall–Kier alpha value is -2.68. The topological polar surface area (TPSA) is 30.2 Å². The van der Waals surface area contributed by atoms with Crippen LogP contribution in [0, 0.1) is 0 Å². The molecule has 0 spiro atoms. The molecule has 0 fully saturated rings. The zero-order valence-corrected chi connectivity index (χ0v) is 12.7. The van der Waals surface area contributed by atoms with Gasteiger partial charge in [0, 0.05) is 22.4 Å². The summed E-state index contributed by atoms with van der Waals surface area (Å²) < 4.78 is 1.66. The fourth-order valence-electron chi connectivity index (χ4n) is 2.44. The quantitative estimate of drug-likeness (QED) is 0.546. The van der Waals surface area contributed by atoms with Gasteiger partial charge >= 0.3 is 0 Å². The average Bonchev–Trinajstić information content (AvgIpc) is 2.55. The fourth-order valence-corrected chi connectivity index (χ4v) is 2.44. The molecular weight excluding hydrogens is 274 g/mol. The highest BCUT2D eigenvalue weighted by Gasteiger charge is 2.36. The van der Waals surface area contributed by atoms with Crippen LogP contribution >= 0.6 is 0 Å². The van der Waals surface area contributed by atoms with Crippen molar-refractivity contribution in [3.63, 3.8) is 0 Å². The average molecular weight is 292 g/mol. The number of pyridine rings is 1. The van der Waals surface area contributed by atoms with E-state index in [9.17, 15) is 4.79 Å². The van der Waals surface area contributed by atoms with Crippen LogP contribution in [0.2, 0.25) is 0 Å². The van der Waals surface area contributed by atoms with Crippen molar-refractivity contribution in [1.82, 2.24) is 0 Å². The molecule has 3 rings (SSSR count). The summed E-state index contributed by atoms with van der Waals surface area (Å²) in [6.45, 7) is 3.58. The molecule has 0 bridgehead atoms. The molecule has 1 heterocycles. The molecule has 0 aliphatic carbocycles. The fraction of sp³-hybridized carbons (Fsp3) is 0.158. The molecule has 3 heteroatoms. The maximum Gasteiger partial charge on any atom is 0.264 e. The van der Waals surface area contributed by atoms with Crippen LogP contribution in [0.15, 0.2) is 72.9 Å². The zero-order chi connectivity index (χ0) is 15.6. The molecular formula is C19H18NO2+. The Balaban J connectivity index is 1.95. The Morgan fingerprint density at radius 1 is 0.909 bits per heavy atom.